The predicted molar refractivity (Wildman–Crippen MR) is 91.3 cm³/mol. The molecule has 3 aromatic rings. The smallest absolute Gasteiger partial charge is 0.163 e. The topological polar surface area (TPSA) is 38.4 Å². The maximum absolute atomic E-state index is 13.3. The third-order valence-corrected chi connectivity index (χ3v) is 4.47. The maximum atomic E-state index is 13.3. The van der Waals surface area contributed by atoms with Gasteiger partial charge in [-0.1, -0.05) is 47.6 Å². The molecule has 2 aromatic carbocycles. The number of aromatic nitrogens is 1. The molecule has 4 rings (SSSR count). The molecule has 2 heterocycles. The summed E-state index contributed by atoms with van der Waals surface area (Å²) in [4.78, 5) is 4.81. The fourth-order valence-electron chi connectivity index (χ4n) is 3.18. The lowest BCUT2D eigenvalue weighted by Crippen LogP contribution is -2.09. The first-order chi connectivity index (χ1) is 11.7. The van der Waals surface area contributed by atoms with E-state index in [9.17, 15) is 4.39 Å². The Morgan fingerprint density at radius 1 is 1.00 bits per heavy atom. The van der Waals surface area contributed by atoms with E-state index in [0.29, 0.717) is 0 Å². The average molecular weight is 320 g/mol. The van der Waals surface area contributed by atoms with Crippen molar-refractivity contribution in [1.82, 2.24) is 5.16 Å². The van der Waals surface area contributed by atoms with Crippen LogP contribution in [0.4, 0.5) is 10.1 Å². The molecule has 1 aliphatic heterocycles. The summed E-state index contributed by atoms with van der Waals surface area (Å²) in [5.74, 6) is 0.830. The quantitative estimate of drug-likeness (QED) is 0.668. The molecular weight excluding hydrogens is 303 g/mol. The molecule has 4 heteroatoms. The number of nitrogens with zero attached hydrogens (tertiary/aromatic N) is 2. The number of aryl methyl sites for hydroxylation is 1. The molecule has 3 nitrogen and oxygen atoms in total. The highest BCUT2D eigenvalue weighted by molar-refractivity contribution is 6.03. The highest BCUT2D eigenvalue weighted by atomic mass is 19.1. The Morgan fingerprint density at radius 2 is 1.75 bits per heavy atom. The fraction of sp³-hybridized carbons (Fsp3) is 0.200. The van der Waals surface area contributed by atoms with E-state index in [2.05, 4.69) is 17.3 Å². The van der Waals surface area contributed by atoms with E-state index < -0.39 is 0 Å². The number of rotatable bonds is 2. The van der Waals surface area contributed by atoms with E-state index in [1.807, 2.05) is 25.1 Å². The monoisotopic (exact) mass is 320 g/mol. The van der Waals surface area contributed by atoms with Gasteiger partial charge in [0.2, 0.25) is 0 Å². The summed E-state index contributed by atoms with van der Waals surface area (Å²) in [5.41, 5.74) is 4.72. The van der Waals surface area contributed by atoms with Crippen LogP contribution in [0.25, 0.3) is 0 Å². The lowest BCUT2D eigenvalue weighted by Gasteiger charge is -2.15. The zero-order chi connectivity index (χ0) is 16.5. The van der Waals surface area contributed by atoms with E-state index in [1.54, 1.807) is 12.1 Å². The van der Waals surface area contributed by atoms with E-state index in [0.717, 1.165) is 41.3 Å². The zero-order valence-electron chi connectivity index (χ0n) is 13.4. The van der Waals surface area contributed by atoms with Gasteiger partial charge in [-0.15, -0.1) is 0 Å². The Hall–Kier alpha value is -2.75. The second-order valence-electron chi connectivity index (χ2n) is 6.12. The number of halogens is 1. The number of hydrogen-bond donors (Lipinski definition) is 0. The van der Waals surface area contributed by atoms with Crippen molar-refractivity contribution < 1.29 is 8.91 Å². The van der Waals surface area contributed by atoms with Crippen molar-refractivity contribution in [2.45, 2.75) is 25.7 Å². The van der Waals surface area contributed by atoms with Crippen LogP contribution in [0.1, 0.15) is 34.9 Å². The average Bonchev–Trinajstić information content (AvgIpc) is 2.84. The van der Waals surface area contributed by atoms with Crippen LogP contribution in [-0.4, -0.2) is 10.9 Å². The van der Waals surface area contributed by atoms with Gasteiger partial charge in [-0.3, -0.25) is 0 Å². The molecule has 120 valence electrons. The van der Waals surface area contributed by atoms with Gasteiger partial charge in [0, 0.05) is 12.1 Å². The molecule has 0 N–H and O–H groups in total. The van der Waals surface area contributed by atoms with Gasteiger partial charge < -0.3 is 4.52 Å². The van der Waals surface area contributed by atoms with Crippen molar-refractivity contribution in [2.24, 2.45) is 4.99 Å². The summed E-state index contributed by atoms with van der Waals surface area (Å²) in [7, 11) is 0. The summed E-state index contributed by atoms with van der Waals surface area (Å²) in [6.07, 6.45) is 1.54. The van der Waals surface area contributed by atoms with Gasteiger partial charge in [0.1, 0.15) is 17.2 Å². The van der Waals surface area contributed by atoms with Crippen LogP contribution < -0.4 is 0 Å². The Morgan fingerprint density at radius 3 is 2.50 bits per heavy atom. The molecule has 0 aliphatic carbocycles. The highest BCUT2D eigenvalue weighted by Crippen LogP contribution is 2.36. The second-order valence-corrected chi connectivity index (χ2v) is 6.12. The molecule has 0 fully saturated rings. The molecule has 1 aromatic heterocycles. The van der Waals surface area contributed by atoms with Crippen molar-refractivity contribution in [3.8, 4) is 0 Å². The minimum atomic E-state index is -0.241. The standard InChI is InChI=1S/C20H17FN2O/c1-13-20-19(24-23-13)12-16(14-5-3-2-4-6-14)11-18(22-20)15-7-9-17(21)10-8-15/h2-10,16H,11-12H2,1H3/t16-/m1/s1. The maximum Gasteiger partial charge on any atom is 0.163 e. The third kappa shape index (κ3) is 2.75. The first kappa shape index (κ1) is 14.8. The van der Waals surface area contributed by atoms with Crippen LogP contribution >= 0.6 is 0 Å². The van der Waals surface area contributed by atoms with Gasteiger partial charge in [-0.05, 0) is 42.5 Å². The van der Waals surface area contributed by atoms with Gasteiger partial charge in [0.15, 0.2) is 5.76 Å². The van der Waals surface area contributed by atoms with Gasteiger partial charge in [0.05, 0.1) is 0 Å². The Bertz CT molecular complexity index is 882. The second kappa shape index (κ2) is 6.04. The fourth-order valence-corrected chi connectivity index (χ4v) is 3.18. The lowest BCUT2D eigenvalue weighted by molar-refractivity contribution is 0.373. The molecule has 0 radical (unpaired) electrons. The SMILES string of the molecule is Cc1noc2c1N=C(c1ccc(F)cc1)C[C@@H](c1ccccc1)C2. The van der Waals surface area contributed by atoms with Crippen molar-refractivity contribution >= 4 is 11.4 Å². The van der Waals surface area contributed by atoms with Crippen LogP contribution in [0.2, 0.25) is 0 Å². The molecule has 0 spiro atoms. The first-order valence-corrected chi connectivity index (χ1v) is 8.04. The first-order valence-electron chi connectivity index (χ1n) is 8.04. The van der Waals surface area contributed by atoms with E-state index in [-0.39, 0.29) is 11.7 Å². The Labute approximate surface area is 139 Å². The van der Waals surface area contributed by atoms with Gasteiger partial charge in [-0.2, -0.15) is 0 Å². The number of aliphatic imine (C=N–C) groups is 1. The summed E-state index contributed by atoms with van der Waals surface area (Å²) < 4.78 is 18.8. The molecule has 0 unspecified atom stereocenters. The highest BCUT2D eigenvalue weighted by Gasteiger charge is 2.25. The minimum absolute atomic E-state index is 0.241. The van der Waals surface area contributed by atoms with E-state index in [4.69, 9.17) is 9.52 Å². The minimum Gasteiger partial charge on any atom is -0.359 e. The van der Waals surface area contributed by atoms with Crippen molar-refractivity contribution in [1.29, 1.82) is 0 Å². The molecule has 1 aliphatic rings. The van der Waals surface area contributed by atoms with Crippen LogP contribution in [0.3, 0.4) is 0 Å². The van der Waals surface area contributed by atoms with Crippen molar-refractivity contribution in [2.75, 3.05) is 0 Å². The van der Waals surface area contributed by atoms with Gasteiger partial charge >= 0.3 is 0 Å². The van der Waals surface area contributed by atoms with E-state index in [1.165, 1.54) is 17.7 Å². The summed E-state index contributed by atoms with van der Waals surface area (Å²) in [6, 6.07) is 16.9. The number of hydrogen-bond acceptors (Lipinski definition) is 3. The van der Waals surface area contributed by atoms with Crippen molar-refractivity contribution in [3.05, 3.63) is 83.0 Å². The van der Waals surface area contributed by atoms with Crippen LogP contribution in [0.15, 0.2) is 64.1 Å². The summed E-state index contributed by atoms with van der Waals surface area (Å²) >= 11 is 0. The zero-order valence-corrected chi connectivity index (χ0v) is 13.4. The lowest BCUT2D eigenvalue weighted by atomic mass is 9.88. The van der Waals surface area contributed by atoms with Gasteiger partial charge in [0.25, 0.3) is 0 Å². The van der Waals surface area contributed by atoms with E-state index >= 15 is 0 Å². The summed E-state index contributed by atoms with van der Waals surface area (Å²) in [6.45, 7) is 1.90. The van der Waals surface area contributed by atoms with Crippen LogP contribution in [-0.2, 0) is 6.42 Å². The number of fused-ring (bicyclic) bond motifs is 1. The van der Waals surface area contributed by atoms with Crippen molar-refractivity contribution in [3.63, 3.8) is 0 Å². The summed E-state index contributed by atoms with van der Waals surface area (Å²) in [5, 5.41) is 4.07. The largest absolute Gasteiger partial charge is 0.359 e. The molecule has 0 bridgehead atoms. The molecule has 0 amide bonds. The molecule has 24 heavy (non-hydrogen) atoms. The van der Waals surface area contributed by atoms with Gasteiger partial charge in [-0.25, -0.2) is 9.38 Å². The Balaban J connectivity index is 1.80. The molecule has 0 saturated carbocycles. The number of benzene rings is 2. The predicted octanol–water partition coefficient (Wildman–Crippen LogP) is 4.97. The third-order valence-electron chi connectivity index (χ3n) is 4.47. The molecular formula is C20H17FN2O. The van der Waals surface area contributed by atoms with Crippen LogP contribution in [0, 0.1) is 12.7 Å². The van der Waals surface area contributed by atoms with Crippen LogP contribution in [0.5, 0.6) is 0 Å². The molecule has 0 saturated heterocycles. The molecule has 1 atom stereocenters. The Kier molecular flexibility index (Phi) is 3.73. The normalized spacial score (nSPS) is 17.1.